The minimum atomic E-state index is 0.452. The van der Waals surface area contributed by atoms with Crippen LogP contribution in [0.1, 0.15) is 5.56 Å². The molecule has 2 aromatic rings. The van der Waals surface area contributed by atoms with E-state index in [-0.39, 0.29) is 0 Å². The van der Waals surface area contributed by atoms with Crippen molar-refractivity contribution in [2.24, 2.45) is 0 Å². The molecule has 0 saturated carbocycles. The predicted molar refractivity (Wildman–Crippen MR) is 84.5 cm³/mol. The SMILES string of the molecule is Clc1ccc(-c2c(Cl)ccc(Cl)c2Cl)c(CBr)c1. The van der Waals surface area contributed by atoms with Gasteiger partial charge in [-0.15, -0.1) is 0 Å². The molecule has 0 spiro atoms. The van der Waals surface area contributed by atoms with Gasteiger partial charge in [0.25, 0.3) is 0 Å². The fraction of sp³-hybridized carbons (Fsp3) is 0.0769. The number of halogens is 5. The van der Waals surface area contributed by atoms with Crippen molar-refractivity contribution in [2.45, 2.75) is 5.33 Å². The van der Waals surface area contributed by atoms with E-state index in [1.807, 2.05) is 12.1 Å². The Morgan fingerprint density at radius 2 is 1.56 bits per heavy atom. The third-order valence-corrected chi connectivity index (χ3v) is 4.48. The van der Waals surface area contributed by atoms with Gasteiger partial charge in [0.05, 0.1) is 15.1 Å². The number of hydrogen-bond donors (Lipinski definition) is 0. The highest BCUT2D eigenvalue weighted by Crippen LogP contribution is 2.41. The third kappa shape index (κ3) is 2.81. The summed E-state index contributed by atoms with van der Waals surface area (Å²) in [4.78, 5) is 0. The Bertz CT molecular complexity index is 596. The molecule has 0 atom stereocenters. The van der Waals surface area contributed by atoms with Crippen LogP contribution < -0.4 is 0 Å². The quantitative estimate of drug-likeness (QED) is 0.391. The molecular formula is C13H7BrCl4. The molecule has 2 rings (SSSR count). The summed E-state index contributed by atoms with van der Waals surface area (Å²) in [6, 6.07) is 8.98. The van der Waals surface area contributed by atoms with Crippen molar-refractivity contribution in [3.05, 3.63) is 56.0 Å². The smallest absolute Gasteiger partial charge is 0.0685 e. The van der Waals surface area contributed by atoms with Crippen molar-refractivity contribution in [3.8, 4) is 11.1 Å². The molecule has 0 fully saturated rings. The van der Waals surface area contributed by atoms with E-state index in [0.29, 0.717) is 25.4 Å². The van der Waals surface area contributed by atoms with E-state index in [1.54, 1.807) is 18.2 Å². The maximum absolute atomic E-state index is 6.24. The van der Waals surface area contributed by atoms with Crippen LogP contribution in [-0.4, -0.2) is 0 Å². The second-order valence-corrected chi connectivity index (χ2v) is 5.84. The molecule has 5 heteroatoms. The van der Waals surface area contributed by atoms with Crippen molar-refractivity contribution < 1.29 is 0 Å². The van der Waals surface area contributed by atoms with Crippen LogP contribution in [0.15, 0.2) is 30.3 Å². The summed E-state index contributed by atoms with van der Waals surface area (Å²) in [6.07, 6.45) is 0. The van der Waals surface area contributed by atoms with Crippen LogP contribution in [0.5, 0.6) is 0 Å². The summed E-state index contributed by atoms with van der Waals surface area (Å²) in [5.41, 5.74) is 2.67. The first-order chi connectivity index (χ1) is 8.54. The van der Waals surface area contributed by atoms with Gasteiger partial charge in [0.2, 0.25) is 0 Å². The minimum absolute atomic E-state index is 0.452. The van der Waals surface area contributed by atoms with Crippen molar-refractivity contribution in [1.82, 2.24) is 0 Å². The van der Waals surface area contributed by atoms with Gasteiger partial charge in [-0.05, 0) is 35.4 Å². The molecular weight excluding hydrogens is 378 g/mol. The second-order valence-electron chi connectivity index (χ2n) is 3.65. The van der Waals surface area contributed by atoms with Crippen LogP contribution in [0.3, 0.4) is 0 Å². The molecule has 94 valence electrons. The summed E-state index contributed by atoms with van der Waals surface area (Å²) in [5, 5.41) is 2.82. The summed E-state index contributed by atoms with van der Waals surface area (Å²) in [6.45, 7) is 0. The van der Waals surface area contributed by atoms with Gasteiger partial charge < -0.3 is 0 Å². The van der Waals surface area contributed by atoms with Crippen LogP contribution >= 0.6 is 62.3 Å². The fourth-order valence-electron chi connectivity index (χ4n) is 1.69. The molecule has 0 heterocycles. The second kappa shape index (κ2) is 6.02. The van der Waals surface area contributed by atoms with E-state index >= 15 is 0 Å². The van der Waals surface area contributed by atoms with E-state index in [2.05, 4.69) is 15.9 Å². The van der Waals surface area contributed by atoms with E-state index in [1.165, 1.54) is 0 Å². The Labute approximate surface area is 134 Å². The largest absolute Gasteiger partial charge is 0.0876 e. The molecule has 0 N–H and O–H groups in total. The van der Waals surface area contributed by atoms with E-state index < -0.39 is 0 Å². The average molecular weight is 385 g/mol. The first-order valence-corrected chi connectivity index (χ1v) is 7.66. The lowest BCUT2D eigenvalue weighted by molar-refractivity contribution is 1.43. The van der Waals surface area contributed by atoms with Crippen LogP contribution in [0.4, 0.5) is 0 Å². The zero-order chi connectivity index (χ0) is 13.3. The number of benzene rings is 2. The Kier molecular flexibility index (Phi) is 4.85. The van der Waals surface area contributed by atoms with Crippen molar-refractivity contribution in [2.75, 3.05) is 0 Å². The maximum Gasteiger partial charge on any atom is 0.0685 e. The number of rotatable bonds is 2. The normalized spacial score (nSPS) is 10.7. The molecule has 0 aliphatic rings. The monoisotopic (exact) mass is 382 g/mol. The summed E-state index contributed by atoms with van der Waals surface area (Å²) >= 11 is 27.9. The standard InChI is InChI=1S/C13H7BrCl4/c14-6-7-5-8(15)1-2-9(7)12-10(16)3-4-11(17)13(12)18/h1-5H,6H2. The summed E-state index contributed by atoms with van der Waals surface area (Å²) in [5.74, 6) is 0. The lowest BCUT2D eigenvalue weighted by Crippen LogP contribution is -1.89. The third-order valence-electron chi connectivity index (χ3n) is 2.52. The molecule has 0 saturated heterocycles. The van der Waals surface area contributed by atoms with Gasteiger partial charge in [-0.3, -0.25) is 0 Å². The van der Waals surface area contributed by atoms with Crippen molar-refractivity contribution in [1.29, 1.82) is 0 Å². The molecule has 0 aliphatic carbocycles. The highest BCUT2D eigenvalue weighted by atomic mass is 79.9. The molecule has 2 aromatic carbocycles. The van der Waals surface area contributed by atoms with Crippen LogP contribution in [0.25, 0.3) is 11.1 Å². The van der Waals surface area contributed by atoms with Gasteiger partial charge in [-0.2, -0.15) is 0 Å². The topological polar surface area (TPSA) is 0 Å². The van der Waals surface area contributed by atoms with Crippen LogP contribution in [-0.2, 0) is 5.33 Å². The zero-order valence-corrected chi connectivity index (χ0v) is 13.6. The Balaban J connectivity index is 2.73. The van der Waals surface area contributed by atoms with Crippen LogP contribution in [0, 0.1) is 0 Å². The van der Waals surface area contributed by atoms with Crippen molar-refractivity contribution in [3.63, 3.8) is 0 Å². The number of hydrogen-bond acceptors (Lipinski definition) is 0. The lowest BCUT2D eigenvalue weighted by atomic mass is 10.0. The highest BCUT2D eigenvalue weighted by molar-refractivity contribution is 9.08. The highest BCUT2D eigenvalue weighted by Gasteiger charge is 2.14. The molecule has 0 radical (unpaired) electrons. The molecule has 0 amide bonds. The molecule has 18 heavy (non-hydrogen) atoms. The van der Waals surface area contributed by atoms with Gasteiger partial charge in [0.15, 0.2) is 0 Å². The molecule has 0 aromatic heterocycles. The average Bonchev–Trinajstić information content (AvgIpc) is 2.36. The van der Waals surface area contributed by atoms with Gasteiger partial charge in [0.1, 0.15) is 0 Å². The fourth-order valence-corrected chi connectivity index (χ4v) is 3.08. The van der Waals surface area contributed by atoms with Gasteiger partial charge in [-0.25, -0.2) is 0 Å². The Morgan fingerprint density at radius 3 is 2.22 bits per heavy atom. The maximum atomic E-state index is 6.24. The van der Waals surface area contributed by atoms with E-state index in [9.17, 15) is 0 Å². The Hall–Kier alpha value is 0.0800. The molecule has 0 aliphatic heterocycles. The molecule has 0 unspecified atom stereocenters. The summed E-state index contributed by atoms with van der Waals surface area (Å²) < 4.78 is 0. The van der Waals surface area contributed by atoms with Gasteiger partial charge in [-0.1, -0.05) is 68.4 Å². The number of alkyl halides is 1. The van der Waals surface area contributed by atoms with Crippen LogP contribution in [0.2, 0.25) is 20.1 Å². The summed E-state index contributed by atoms with van der Waals surface area (Å²) in [7, 11) is 0. The van der Waals surface area contributed by atoms with Crippen molar-refractivity contribution >= 4 is 62.3 Å². The lowest BCUT2D eigenvalue weighted by Gasteiger charge is -2.12. The zero-order valence-electron chi connectivity index (χ0n) is 8.98. The predicted octanol–water partition coefficient (Wildman–Crippen LogP) is 6.86. The molecule has 0 nitrogen and oxygen atoms in total. The van der Waals surface area contributed by atoms with Gasteiger partial charge in [0, 0.05) is 15.9 Å². The minimum Gasteiger partial charge on any atom is -0.0876 e. The van der Waals surface area contributed by atoms with Gasteiger partial charge >= 0.3 is 0 Å². The Morgan fingerprint density at radius 1 is 0.889 bits per heavy atom. The first kappa shape index (κ1) is 14.5. The van der Waals surface area contributed by atoms with E-state index in [4.69, 9.17) is 46.4 Å². The molecule has 0 bridgehead atoms. The first-order valence-electron chi connectivity index (χ1n) is 5.03. The van der Waals surface area contributed by atoms with E-state index in [0.717, 1.165) is 16.7 Å².